The highest BCUT2D eigenvalue weighted by atomic mass is 127. The Kier molecular flexibility index (Phi) is 11.8. The molecule has 226 valence electrons. The van der Waals surface area contributed by atoms with Gasteiger partial charge in [0.1, 0.15) is 0 Å². The topological polar surface area (TPSA) is 68.1 Å². The highest BCUT2D eigenvalue weighted by molar-refractivity contribution is 14.1. The first-order valence-electron chi connectivity index (χ1n) is 14.9. The van der Waals surface area contributed by atoms with Crippen LogP contribution in [0, 0.1) is 24.3 Å². The quantitative estimate of drug-likeness (QED) is 0.274. The summed E-state index contributed by atoms with van der Waals surface area (Å²) in [4.78, 5) is 22.3. The van der Waals surface area contributed by atoms with Gasteiger partial charge in [-0.1, -0.05) is 18.2 Å². The van der Waals surface area contributed by atoms with E-state index in [2.05, 4.69) is 99.7 Å². The molecule has 7 nitrogen and oxygen atoms in total. The third-order valence-corrected chi connectivity index (χ3v) is 9.54. The van der Waals surface area contributed by atoms with Crippen LogP contribution in [0.4, 0.5) is 11.4 Å². The molecule has 0 aromatic heterocycles. The van der Waals surface area contributed by atoms with Crippen LogP contribution in [-0.4, -0.2) is 92.0 Å². The van der Waals surface area contributed by atoms with Crippen molar-refractivity contribution in [3.63, 3.8) is 0 Å². The number of piperazine rings is 2. The molecule has 2 fully saturated rings. The maximum Gasteiger partial charge on any atom is 0.255 e. The Balaban J connectivity index is 0.000000216. The number of likely N-dealkylation sites (N-methyl/N-ethyl adjacent to an activating group) is 2. The zero-order valence-corrected chi connectivity index (χ0v) is 28.1. The first-order valence-corrected chi connectivity index (χ1v) is 16.0. The fourth-order valence-corrected chi connectivity index (χ4v) is 5.79. The van der Waals surface area contributed by atoms with E-state index in [1.54, 1.807) is 0 Å². The summed E-state index contributed by atoms with van der Waals surface area (Å²) >= 11 is 2.26. The van der Waals surface area contributed by atoms with Gasteiger partial charge in [-0.2, -0.15) is 0 Å². The minimum atomic E-state index is -0.0610. The fourth-order valence-electron chi connectivity index (χ4n) is 5.28. The zero-order chi connectivity index (χ0) is 30.2. The number of halogens is 1. The van der Waals surface area contributed by atoms with Crippen molar-refractivity contribution in [3.8, 4) is 0 Å². The number of nitrogens with one attached hydrogen (secondary N) is 1. The van der Waals surface area contributed by atoms with Crippen molar-refractivity contribution in [2.24, 2.45) is 0 Å². The number of aryl methyl sites for hydroxylation is 3. The molecule has 0 saturated carbocycles. The van der Waals surface area contributed by atoms with Crippen LogP contribution >= 0.6 is 22.6 Å². The van der Waals surface area contributed by atoms with Crippen LogP contribution in [-0.2, 0) is 13.1 Å². The van der Waals surface area contributed by atoms with Crippen LogP contribution in [0.2, 0.25) is 0 Å². The largest absolute Gasteiger partial charge is 0.399 e. The number of nitrogens with zero attached hydrogens (tertiary/aromatic N) is 4. The highest BCUT2D eigenvalue weighted by Crippen LogP contribution is 2.20. The standard InChI is InChI=1S/C21H26IN3O.C13H21N3/c1-15-4-5-17(13-20(15)22)21(26)23-19-7-6-18(16(2)12-19)14-25-10-8-24(3)9-11-25;1-11-9-13(14)4-3-12(11)10-16-7-5-15(2)6-8-16/h4-7,12-13H,8-11,14H2,1-3H3,(H,23,26);3-4,9H,5-8,10,14H2,1-2H3. The molecule has 2 saturated heterocycles. The van der Waals surface area contributed by atoms with Gasteiger partial charge < -0.3 is 20.9 Å². The Morgan fingerprint density at radius 2 is 1.24 bits per heavy atom. The van der Waals surface area contributed by atoms with Gasteiger partial charge in [-0.3, -0.25) is 14.6 Å². The van der Waals surface area contributed by atoms with Gasteiger partial charge in [0.25, 0.3) is 5.91 Å². The predicted molar refractivity (Wildman–Crippen MR) is 184 cm³/mol. The molecular weight excluding hydrogens is 635 g/mol. The Morgan fingerprint density at radius 3 is 1.74 bits per heavy atom. The molecule has 8 heteroatoms. The number of carbonyl (C=O) groups is 1. The normalized spacial score (nSPS) is 17.0. The molecule has 42 heavy (non-hydrogen) atoms. The SMILES string of the molecule is Cc1cc(N)ccc1CN1CCN(C)CC1.Cc1ccc(C(=O)Nc2ccc(CN3CCN(C)CC3)c(C)c2)cc1I. The molecule has 5 rings (SSSR count). The minimum Gasteiger partial charge on any atom is -0.399 e. The second kappa shape index (κ2) is 15.3. The average molecular weight is 683 g/mol. The van der Waals surface area contributed by atoms with Crippen molar-refractivity contribution in [1.82, 2.24) is 19.6 Å². The molecule has 0 unspecified atom stereocenters. The first-order chi connectivity index (χ1) is 20.1. The maximum atomic E-state index is 12.5. The van der Waals surface area contributed by atoms with Crippen molar-refractivity contribution in [1.29, 1.82) is 0 Å². The van der Waals surface area contributed by atoms with Crippen molar-refractivity contribution in [3.05, 3.63) is 91.5 Å². The molecule has 2 heterocycles. The van der Waals surface area contributed by atoms with E-state index in [1.807, 2.05) is 37.3 Å². The van der Waals surface area contributed by atoms with Crippen LogP contribution < -0.4 is 11.1 Å². The van der Waals surface area contributed by atoms with Gasteiger partial charge in [0.15, 0.2) is 0 Å². The van der Waals surface area contributed by atoms with Crippen molar-refractivity contribution >= 4 is 39.9 Å². The van der Waals surface area contributed by atoms with Gasteiger partial charge >= 0.3 is 0 Å². The predicted octanol–water partition coefficient (Wildman–Crippen LogP) is 5.23. The molecule has 0 radical (unpaired) electrons. The van der Waals surface area contributed by atoms with E-state index in [9.17, 15) is 4.79 Å². The number of nitrogens with two attached hydrogens (primary N) is 1. The van der Waals surface area contributed by atoms with Crippen LogP contribution in [0.5, 0.6) is 0 Å². The first kappa shape index (κ1) is 32.4. The number of hydrogen-bond donors (Lipinski definition) is 2. The lowest BCUT2D eigenvalue weighted by molar-refractivity contribution is 0.102. The number of benzene rings is 3. The van der Waals surface area contributed by atoms with Crippen LogP contribution in [0.15, 0.2) is 54.6 Å². The fraction of sp³-hybridized carbons (Fsp3) is 0.441. The molecule has 2 aliphatic heterocycles. The van der Waals surface area contributed by atoms with Gasteiger partial charge in [0.05, 0.1) is 0 Å². The second-order valence-electron chi connectivity index (χ2n) is 11.9. The second-order valence-corrected chi connectivity index (χ2v) is 13.1. The number of rotatable bonds is 6. The van der Waals surface area contributed by atoms with Gasteiger partial charge in [-0.15, -0.1) is 0 Å². The van der Waals surface area contributed by atoms with E-state index in [0.717, 1.165) is 54.2 Å². The summed E-state index contributed by atoms with van der Waals surface area (Å²) in [5, 5.41) is 3.02. The number of hydrogen-bond acceptors (Lipinski definition) is 6. The van der Waals surface area contributed by atoms with Gasteiger partial charge in [-0.05, 0) is 122 Å². The summed E-state index contributed by atoms with van der Waals surface area (Å²) in [6, 6.07) is 18.2. The van der Waals surface area contributed by atoms with E-state index < -0.39 is 0 Å². The lowest BCUT2D eigenvalue weighted by atomic mass is 10.1. The van der Waals surface area contributed by atoms with E-state index in [4.69, 9.17) is 5.73 Å². The average Bonchev–Trinajstić information content (AvgIpc) is 2.96. The Hall–Kier alpha value is -2.50. The Bertz CT molecular complexity index is 1350. The Morgan fingerprint density at radius 1 is 0.714 bits per heavy atom. The summed E-state index contributed by atoms with van der Waals surface area (Å²) < 4.78 is 1.11. The maximum absolute atomic E-state index is 12.5. The molecular formula is C34H47IN6O. The zero-order valence-electron chi connectivity index (χ0n) is 25.9. The summed E-state index contributed by atoms with van der Waals surface area (Å²) in [7, 11) is 4.36. The smallest absolute Gasteiger partial charge is 0.255 e. The Labute approximate surface area is 266 Å². The van der Waals surface area contributed by atoms with Crippen molar-refractivity contribution in [2.45, 2.75) is 33.9 Å². The van der Waals surface area contributed by atoms with E-state index in [0.29, 0.717) is 5.56 Å². The van der Waals surface area contributed by atoms with Crippen LogP contribution in [0.1, 0.15) is 38.2 Å². The lowest BCUT2D eigenvalue weighted by Gasteiger charge is -2.32. The molecule has 1 amide bonds. The molecule has 2 aliphatic rings. The summed E-state index contributed by atoms with van der Waals surface area (Å²) in [5.74, 6) is -0.0610. The number of nitrogen functional groups attached to an aromatic ring is 1. The van der Waals surface area contributed by atoms with Crippen LogP contribution in [0.3, 0.4) is 0 Å². The van der Waals surface area contributed by atoms with Gasteiger partial charge in [0, 0.05) is 86.0 Å². The molecule has 3 aromatic rings. The minimum absolute atomic E-state index is 0.0610. The molecule has 0 bridgehead atoms. The molecule has 0 aliphatic carbocycles. The third-order valence-electron chi connectivity index (χ3n) is 8.38. The van der Waals surface area contributed by atoms with E-state index in [-0.39, 0.29) is 5.91 Å². The molecule has 3 N–H and O–H groups in total. The number of anilines is 2. The monoisotopic (exact) mass is 682 g/mol. The number of carbonyl (C=O) groups excluding carboxylic acids is 1. The highest BCUT2D eigenvalue weighted by Gasteiger charge is 2.16. The van der Waals surface area contributed by atoms with Crippen LogP contribution in [0.25, 0.3) is 0 Å². The van der Waals surface area contributed by atoms with E-state index in [1.165, 1.54) is 54.0 Å². The number of amides is 1. The molecule has 3 aromatic carbocycles. The van der Waals surface area contributed by atoms with Crippen molar-refractivity contribution in [2.75, 3.05) is 77.5 Å². The summed E-state index contributed by atoms with van der Waals surface area (Å²) in [6.45, 7) is 17.5. The van der Waals surface area contributed by atoms with Gasteiger partial charge in [0.2, 0.25) is 0 Å². The summed E-state index contributed by atoms with van der Waals surface area (Å²) in [5.41, 5.74) is 14.6. The lowest BCUT2D eigenvalue weighted by Crippen LogP contribution is -2.43. The van der Waals surface area contributed by atoms with Crippen molar-refractivity contribution < 1.29 is 4.79 Å². The van der Waals surface area contributed by atoms with Gasteiger partial charge in [-0.25, -0.2) is 0 Å². The molecule has 0 spiro atoms. The van der Waals surface area contributed by atoms with E-state index >= 15 is 0 Å². The molecule has 0 atom stereocenters. The third kappa shape index (κ3) is 9.50. The summed E-state index contributed by atoms with van der Waals surface area (Å²) in [6.07, 6.45) is 0.